The maximum absolute atomic E-state index is 13.1. The molecule has 0 saturated carbocycles. The van der Waals surface area contributed by atoms with Crippen LogP contribution in [0, 0.1) is 6.92 Å². The van der Waals surface area contributed by atoms with Gasteiger partial charge in [-0.2, -0.15) is 4.31 Å². The number of hydrogen-bond donors (Lipinski definition) is 0. The highest BCUT2D eigenvalue weighted by Crippen LogP contribution is 2.25. The van der Waals surface area contributed by atoms with Crippen LogP contribution in [0.4, 0.5) is 11.6 Å². The van der Waals surface area contributed by atoms with Crippen molar-refractivity contribution in [2.24, 2.45) is 0 Å². The third kappa shape index (κ3) is 5.15. The Morgan fingerprint density at radius 1 is 0.906 bits per heavy atom. The van der Waals surface area contributed by atoms with Crippen molar-refractivity contribution in [3.63, 3.8) is 0 Å². The van der Waals surface area contributed by atoms with Crippen molar-refractivity contribution in [2.75, 3.05) is 55.7 Å². The molecular formula is C23H33N5O3S. The number of sulfonamides is 1. The van der Waals surface area contributed by atoms with Crippen molar-refractivity contribution >= 4 is 21.7 Å². The molecule has 8 nitrogen and oxygen atoms in total. The zero-order valence-corrected chi connectivity index (χ0v) is 19.9. The summed E-state index contributed by atoms with van der Waals surface area (Å²) in [5.74, 6) is 3.31. The molecule has 1 aromatic heterocycles. The van der Waals surface area contributed by atoms with E-state index in [1.807, 2.05) is 13.0 Å². The van der Waals surface area contributed by atoms with Crippen LogP contribution < -0.4 is 14.5 Å². The van der Waals surface area contributed by atoms with Gasteiger partial charge in [-0.1, -0.05) is 13.3 Å². The standard InChI is InChI=1S/C23H33N5O3S/c1-3-4-17-31-20-7-9-21(10-8-20)32(29,30)28-15-13-27(14-16-28)23-18-22(24-19(2)25-23)26-11-5-6-12-26/h7-10,18H,3-6,11-17H2,1-2H3. The Labute approximate surface area is 191 Å². The minimum atomic E-state index is -3.53. The molecule has 0 bridgehead atoms. The number of ether oxygens (including phenoxy) is 1. The average molecular weight is 460 g/mol. The van der Waals surface area contributed by atoms with Crippen LogP contribution in [0.15, 0.2) is 35.2 Å². The highest BCUT2D eigenvalue weighted by Gasteiger charge is 2.29. The van der Waals surface area contributed by atoms with Crippen LogP contribution in [0.5, 0.6) is 5.75 Å². The molecule has 0 N–H and O–H groups in total. The first-order valence-corrected chi connectivity index (χ1v) is 13.0. The normalized spacial score (nSPS) is 17.7. The number of hydrogen-bond acceptors (Lipinski definition) is 7. The summed E-state index contributed by atoms with van der Waals surface area (Å²) in [6.45, 7) is 8.80. The van der Waals surface area contributed by atoms with Crippen molar-refractivity contribution < 1.29 is 13.2 Å². The maximum atomic E-state index is 13.1. The molecule has 0 unspecified atom stereocenters. The Bertz CT molecular complexity index is 999. The van der Waals surface area contributed by atoms with E-state index in [2.05, 4.69) is 26.7 Å². The second-order valence-electron chi connectivity index (χ2n) is 8.39. The molecule has 3 heterocycles. The lowest BCUT2D eigenvalue weighted by molar-refractivity contribution is 0.309. The number of benzene rings is 1. The van der Waals surface area contributed by atoms with Crippen molar-refractivity contribution in [1.29, 1.82) is 0 Å². The zero-order chi connectivity index (χ0) is 22.6. The van der Waals surface area contributed by atoms with Gasteiger partial charge in [-0.3, -0.25) is 0 Å². The summed E-state index contributed by atoms with van der Waals surface area (Å²) in [7, 11) is -3.53. The third-order valence-electron chi connectivity index (χ3n) is 6.03. The average Bonchev–Trinajstić information content (AvgIpc) is 3.34. The molecule has 9 heteroatoms. The number of anilines is 2. The number of unbranched alkanes of at least 4 members (excludes halogenated alkanes) is 1. The zero-order valence-electron chi connectivity index (χ0n) is 19.0. The predicted molar refractivity (Wildman–Crippen MR) is 126 cm³/mol. The monoisotopic (exact) mass is 459 g/mol. The van der Waals surface area contributed by atoms with Gasteiger partial charge in [0.25, 0.3) is 0 Å². The fraction of sp³-hybridized carbons (Fsp3) is 0.565. The van der Waals surface area contributed by atoms with E-state index in [0.29, 0.717) is 43.4 Å². The molecule has 2 aliphatic heterocycles. The van der Waals surface area contributed by atoms with E-state index < -0.39 is 10.0 Å². The predicted octanol–water partition coefficient (Wildman–Crippen LogP) is 3.08. The van der Waals surface area contributed by atoms with E-state index in [-0.39, 0.29) is 0 Å². The second kappa shape index (κ2) is 10.0. The molecule has 0 atom stereocenters. The van der Waals surface area contributed by atoms with Gasteiger partial charge in [0.15, 0.2) is 0 Å². The van der Waals surface area contributed by atoms with Gasteiger partial charge in [-0.15, -0.1) is 0 Å². The van der Waals surface area contributed by atoms with E-state index in [4.69, 9.17) is 4.74 Å². The lowest BCUT2D eigenvalue weighted by atomic mass is 10.3. The lowest BCUT2D eigenvalue weighted by Gasteiger charge is -2.35. The summed E-state index contributed by atoms with van der Waals surface area (Å²) in [6.07, 6.45) is 4.43. The molecule has 2 fully saturated rings. The Morgan fingerprint density at radius 2 is 1.50 bits per heavy atom. The van der Waals surface area contributed by atoms with E-state index in [1.54, 1.807) is 28.6 Å². The van der Waals surface area contributed by atoms with Gasteiger partial charge in [0.1, 0.15) is 23.2 Å². The van der Waals surface area contributed by atoms with Crippen LogP contribution in [0.3, 0.4) is 0 Å². The van der Waals surface area contributed by atoms with E-state index >= 15 is 0 Å². The Hall–Kier alpha value is -2.39. The molecule has 0 aliphatic carbocycles. The molecule has 32 heavy (non-hydrogen) atoms. The van der Waals surface area contributed by atoms with Gasteiger partial charge < -0.3 is 14.5 Å². The van der Waals surface area contributed by atoms with Gasteiger partial charge in [0.2, 0.25) is 10.0 Å². The minimum Gasteiger partial charge on any atom is -0.494 e. The summed E-state index contributed by atoms with van der Waals surface area (Å²) < 4.78 is 33.4. The summed E-state index contributed by atoms with van der Waals surface area (Å²) in [6, 6.07) is 8.79. The van der Waals surface area contributed by atoms with Crippen molar-refractivity contribution in [3.05, 3.63) is 36.2 Å². The van der Waals surface area contributed by atoms with Gasteiger partial charge in [0, 0.05) is 45.3 Å². The summed E-state index contributed by atoms with van der Waals surface area (Å²) in [4.78, 5) is 14.0. The van der Waals surface area contributed by atoms with Crippen LogP contribution >= 0.6 is 0 Å². The largest absolute Gasteiger partial charge is 0.494 e. The van der Waals surface area contributed by atoms with Crippen molar-refractivity contribution in [2.45, 2.75) is 44.4 Å². The highest BCUT2D eigenvalue weighted by molar-refractivity contribution is 7.89. The molecule has 2 aliphatic rings. The first-order chi connectivity index (χ1) is 15.5. The van der Waals surface area contributed by atoms with E-state index in [1.165, 1.54) is 12.8 Å². The number of rotatable bonds is 8. The molecule has 0 amide bonds. The SMILES string of the molecule is CCCCOc1ccc(S(=O)(=O)N2CCN(c3cc(N4CCCC4)nc(C)n3)CC2)cc1. The van der Waals surface area contributed by atoms with Crippen molar-refractivity contribution in [1.82, 2.24) is 14.3 Å². The first kappa shape index (κ1) is 22.8. The molecule has 174 valence electrons. The van der Waals surface area contributed by atoms with Gasteiger partial charge in [-0.05, 0) is 50.5 Å². The minimum absolute atomic E-state index is 0.308. The quantitative estimate of drug-likeness (QED) is 0.561. The number of aryl methyl sites for hydroxylation is 1. The van der Waals surface area contributed by atoms with Crippen LogP contribution in [0.25, 0.3) is 0 Å². The third-order valence-corrected chi connectivity index (χ3v) is 7.94. The molecule has 2 aromatic rings. The molecule has 1 aromatic carbocycles. The molecular weight excluding hydrogens is 426 g/mol. The van der Waals surface area contributed by atoms with Crippen molar-refractivity contribution in [3.8, 4) is 5.75 Å². The summed E-state index contributed by atoms with van der Waals surface area (Å²) in [5.41, 5.74) is 0. The first-order valence-electron chi connectivity index (χ1n) is 11.6. The van der Waals surface area contributed by atoms with Gasteiger partial charge in [-0.25, -0.2) is 18.4 Å². The Kier molecular flexibility index (Phi) is 7.15. The lowest BCUT2D eigenvalue weighted by Crippen LogP contribution is -2.49. The van der Waals surface area contributed by atoms with Crippen LogP contribution in [-0.4, -0.2) is 68.6 Å². The second-order valence-corrected chi connectivity index (χ2v) is 10.3. The topological polar surface area (TPSA) is 78.9 Å². The molecule has 4 rings (SSSR count). The smallest absolute Gasteiger partial charge is 0.243 e. The summed E-state index contributed by atoms with van der Waals surface area (Å²) in [5, 5.41) is 0. The van der Waals surface area contributed by atoms with Gasteiger partial charge >= 0.3 is 0 Å². The molecule has 0 spiro atoms. The van der Waals surface area contributed by atoms with Crippen LogP contribution in [-0.2, 0) is 10.0 Å². The highest BCUT2D eigenvalue weighted by atomic mass is 32.2. The fourth-order valence-corrected chi connectivity index (χ4v) is 5.58. The van der Waals surface area contributed by atoms with E-state index in [0.717, 1.165) is 43.4 Å². The molecule has 2 saturated heterocycles. The Morgan fingerprint density at radius 3 is 2.09 bits per heavy atom. The number of piperazine rings is 1. The van der Waals surface area contributed by atoms with Gasteiger partial charge in [0.05, 0.1) is 11.5 Å². The van der Waals surface area contributed by atoms with Crippen LogP contribution in [0.2, 0.25) is 0 Å². The number of aromatic nitrogens is 2. The van der Waals surface area contributed by atoms with Crippen LogP contribution in [0.1, 0.15) is 38.4 Å². The fourth-order valence-electron chi connectivity index (χ4n) is 4.16. The maximum Gasteiger partial charge on any atom is 0.243 e. The number of nitrogens with zero attached hydrogens (tertiary/aromatic N) is 5. The summed E-state index contributed by atoms with van der Waals surface area (Å²) >= 11 is 0. The van der Waals surface area contributed by atoms with E-state index in [9.17, 15) is 8.42 Å². The molecule has 0 radical (unpaired) electrons. The Balaban J connectivity index is 1.40.